The van der Waals surface area contributed by atoms with E-state index in [4.69, 9.17) is 10.7 Å². The quantitative estimate of drug-likeness (QED) is 0.841. The topological polar surface area (TPSA) is 63.2 Å². The van der Waals surface area contributed by atoms with E-state index in [1.54, 1.807) is 6.07 Å². The number of amides is 1. The zero-order chi connectivity index (χ0) is 14.6. The van der Waals surface area contributed by atoms with Gasteiger partial charge in [0.15, 0.2) is 0 Å². The molecule has 1 aliphatic carbocycles. The van der Waals surface area contributed by atoms with Crippen LogP contribution in [0, 0.1) is 5.92 Å². The van der Waals surface area contributed by atoms with Crippen molar-refractivity contribution in [3.05, 3.63) is 17.0 Å². The summed E-state index contributed by atoms with van der Waals surface area (Å²) in [6, 6.07) is 3.08. The molecule has 0 saturated heterocycles. The molecule has 4 nitrogen and oxygen atoms in total. The minimum Gasteiger partial charge on any atom is -0.356 e. The van der Waals surface area contributed by atoms with E-state index in [0.717, 1.165) is 17.9 Å². The fraction of sp³-hybridized carbons (Fsp3) is 0.615. The summed E-state index contributed by atoms with van der Waals surface area (Å²) in [4.78, 5) is 12.5. The molecule has 7 heteroatoms. The number of carbonyl (C=O) groups is 1. The van der Waals surface area contributed by atoms with Gasteiger partial charge >= 0.3 is 0 Å². The van der Waals surface area contributed by atoms with Crippen LogP contribution in [0.3, 0.4) is 0 Å². The minimum atomic E-state index is -3.69. The van der Waals surface area contributed by atoms with Gasteiger partial charge in [-0.2, -0.15) is 0 Å². The van der Waals surface area contributed by atoms with Crippen molar-refractivity contribution < 1.29 is 13.2 Å². The molecule has 1 heterocycles. The van der Waals surface area contributed by atoms with Crippen LogP contribution in [-0.2, 0) is 20.3 Å². The summed E-state index contributed by atoms with van der Waals surface area (Å²) >= 11 is 1.05. The first-order valence-electron chi connectivity index (χ1n) is 6.75. The van der Waals surface area contributed by atoms with Gasteiger partial charge in [0.2, 0.25) is 5.91 Å². The van der Waals surface area contributed by atoms with Crippen LogP contribution in [-0.4, -0.2) is 20.9 Å². The lowest BCUT2D eigenvalue weighted by Crippen LogP contribution is -2.31. The van der Waals surface area contributed by atoms with Crippen molar-refractivity contribution in [3.63, 3.8) is 0 Å². The van der Waals surface area contributed by atoms with Crippen LogP contribution in [0.15, 0.2) is 16.3 Å². The van der Waals surface area contributed by atoms with E-state index in [9.17, 15) is 13.2 Å². The number of hydrogen-bond donors (Lipinski definition) is 1. The maximum absolute atomic E-state index is 11.8. The first kappa shape index (κ1) is 15.8. The van der Waals surface area contributed by atoms with E-state index in [2.05, 4.69) is 5.32 Å². The fourth-order valence-corrected chi connectivity index (χ4v) is 4.58. The van der Waals surface area contributed by atoms with Crippen molar-refractivity contribution in [3.8, 4) is 0 Å². The van der Waals surface area contributed by atoms with Gasteiger partial charge in [-0.3, -0.25) is 4.79 Å². The Labute approximate surface area is 127 Å². The van der Waals surface area contributed by atoms with Crippen molar-refractivity contribution in [1.29, 1.82) is 0 Å². The van der Waals surface area contributed by atoms with Crippen molar-refractivity contribution >= 4 is 37.0 Å². The van der Waals surface area contributed by atoms with Gasteiger partial charge in [-0.25, -0.2) is 8.42 Å². The third-order valence-electron chi connectivity index (χ3n) is 3.52. The molecule has 0 aliphatic heterocycles. The third-order valence-corrected chi connectivity index (χ3v) is 6.70. The summed E-state index contributed by atoms with van der Waals surface area (Å²) < 4.78 is 22.4. The predicted octanol–water partition coefficient (Wildman–Crippen LogP) is 2.91. The van der Waals surface area contributed by atoms with Crippen LogP contribution < -0.4 is 5.32 Å². The molecular formula is C13H18ClNO3S2. The van der Waals surface area contributed by atoms with Crippen molar-refractivity contribution in [2.75, 3.05) is 6.54 Å². The Morgan fingerprint density at radius 2 is 2.00 bits per heavy atom. The van der Waals surface area contributed by atoms with E-state index in [0.29, 0.717) is 10.8 Å². The molecule has 1 aromatic heterocycles. The van der Waals surface area contributed by atoms with Gasteiger partial charge in [0.25, 0.3) is 9.05 Å². The summed E-state index contributed by atoms with van der Waals surface area (Å²) in [6.45, 7) is 0.727. The van der Waals surface area contributed by atoms with E-state index in [1.165, 1.54) is 38.2 Å². The van der Waals surface area contributed by atoms with E-state index in [-0.39, 0.29) is 16.5 Å². The van der Waals surface area contributed by atoms with Crippen molar-refractivity contribution in [1.82, 2.24) is 5.32 Å². The van der Waals surface area contributed by atoms with Gasteiger partial charge in [0.1, 0.15) is 4.21 Å². The highest BCUT2D eigenvalue weighted by Gasteiger charge is 2.16. The Bertz CT molecular complexity index is 562. The largest absolute Gasteiger partial charge is 0.356 e. The summed E-state index contributed by atoms with van der Waals surface area (Å²) in [5.74, 6) is 0.533. The molecule has 1 amide bonds. The van der Waals surface area contributed by atoms with Gasteiger partial charge in [-0.1, -0.05) is 19.3 Å². The predicted molar refractivity (Wildman–Crippen MR) is 80.6 cm³/mol. The first-order chi connectivity index (χ1) is 9.45. The Hall–Kier alpha value is -0.590. The smallest absolute Gasteiger partial charge is 0.270 e. The zero-order valence-electron chi connectivity index (χ0n) is 11.1. The van der Waals surface area contributed by atoms with Gasteiger partial charge in [-0.05, 0) is 30.9 Å². The number of carbonyl (C=O) groups excluding carboxylic acids is 1. The van der Waals surface area contributed by atoms with Gasteiger partial charge in [0.05, 0.1) is 6.42 Å². The summed E-state index contributed by atoms with van der Waals surface area (Å²) in [6.07, 6.45) is 6.39. The zero-order valence-corrected chi connectivity index (χ0v) is 13.5. The molecule has 1 saturated carbocycles. The lowest BCUT2D eigenvalue weighted by atomic mass is 9.89. The first-order valence-corrected chi connectivity index (χ1v) is 9.88. The molecular weight excluding hydrogens is 318 g/mol. The second kappa shape index (κ2) is 6.91. The summed E-state index contributed by atoms with van der Waals surface area (Å²) in [5, 5.41) is 2.93. The number of nitrogens with one attached hydrogen (secondary N) is 1. The van der Waals surface area contributed by atoms with E-state index in [1.807, 2.05) is 0 Å². The van der Waals surface area contributed by atoms with E-state index >= 15 is 0 Å². The molecule has 0 atom stereocenters. The minimum absolute atomic E-state index is 0.0593. The monoisotopic (exact) mass is 335 g/mol. The van der Waals surface area contributed by atoms with Crippen LogP contribution in [0.1, 0.15) is 37.0 Å². The van der Waals surface area contributed by atoms with Crippen LogP contribution in [0.5, 0.6) is 0 Å². The molecule has 0 radical (unpaired) electrons. The maximum atomic E-state index is 11.8. The molecule has 20 heavy (non-hydrogen) atoms. The van der Waals surface area contributed by atoms with Crippen molar-refractivity contribution in [2.45, 2.75) is 42.7 Å². The Kier molecular flexibility index (Phi) is 5.46. The highest BCUT2D eigenvalue weighted by Crippen LogP contribution is 2.25. The molecule has 1 aromatic rings. The number of hydrogen-bond acceptors (Lipinski definition) is 4. The molecule has 0 aromatic carbocycles. The summed E-state index contributed by atoms with van der Waals surface area (Å²) in [5.41, 5.74) is 0. The molecule has 1 aliphatic rings. The Morgan fingerprint density at radius 3 is 2.60 bits per heavy atom. The average Bonchev–Trinajstić information content (AvgIpc) is 2.86. The number of thiophene rings is 1. The van der Waals surface area contributed by atoms with E-state index < -0.39 is 9.05 Å². The van der Waals surface area contributed by atoms with Gasteiger partial charge in [0, 0.05) is 22.1 Å². The van der Waals surface area contributed by atoms with Gasteiger partial charge < -0.3 is 5.32 Å². The number of halogens is 1. The van der Waals surface area contributed by atoms with Crippen LogP contribution in [0.4, 0.5) is 0 Å². The lowest BCUT2D eigenvalue weighted by molar-refractivity contribution is -0.120. The molecule has 1 fully saturated rings. The maximum Gasteiger partial charge on any atom is 0.270 e. The van der Waals surface area contributed by atoms with Gasteiger partial charge in [-0.15, -0.1) is 11.3 Å². The highest BCUT2D eigenvalue weighted by molar-refractivity contribution is 8.15. The molecule has 2 rings (SSSR count). The second-order valence-corrected chi connectivity index (χ2v) is 9.10. The Morgan fingerprint density at radius 1 is 1.30 bits per heavy atom. The lowest BCUT2D eigenvalue weighted by Gasteiger charge is -2.21. The molecule has 0 spiro atoms. The molecule has 0 unspecified atom stereocenters. The third kappa shape index (κ3) is 4.75. The van der Waals surface area contributed by atoms with Crippen LogP contribution >= 0.6 is 22.0 Å². The van der Waals surface area contributed by atoms with Crippen LogP contribution in [0.25, 0.3) is 0 Å². The molecule has 0 bridgehead atoms. The number of rotatable bonds is 5. The normalized spacial score (nSPS) is 17.1. The SMILES string of the molecule is O=C(Cc1ccc(S(=O)(=O)Cl)s1)NCC1CCCCC1. The molecule has 112 valence electrons. The average molecular weight is 336 g/mol. The summed E-state index contributed by atoms with van der Waals surface area (Å²) in [7, 11) is 1.57. The van der Waals surface area contributed by atoms with Crippen LogP contribution in [0.2, 0.25) is 0 Å². The highest BCUT2D eigenvalue weighted by atomic mass is 35.7. The second-order valence-electron chi connectivity index (χ2n) is 5.14. The standard InChI is InChI=1S/C13H18ClNO3S2/c14-20(17,18)13-7-6-11(19-13)8-12(16)15-9-10-4-2-1-3-5-10/h6-7,10H,1-5,8-9H2,(H,15,16). The fourth-order valence-electron chi connectivity index (χ4n) is 2.45. The van der Waals surface area contributed by atoms with Crippen molar-refractivity contribution in [2.24, 2.45) is 5.92 Å². The molecule has 1 N–H and O–H groups in total. The Balaban J connectivity index is 1.80.